The zero-order valence-electron chi connectivity index (χ0n) is 10.8. The molecule has 0 saturated carbocycles. The average Bonchev–Trinajstić information content (AvgIpc) is 2.41. The number of hydrogen-bond acceptors (Lipinski definition) is 5. The molecule has 2 rings (SSSR count). The molecule has 2 heterocycles. The van der Waals surface area contributed by atoms with Crippen LogP contribution in [0.4, 0.5) is 11.8 Å². The minimum atomic E-state index is 0.388. The Labute approximate surface area is 116 Å². The van der Waals surface area contributed by atoms with E-state index >= 15 is 0 Å². The lowest BCUT2D eigenvalue weighted by molar-refractivity contribution is 0.0925. The maximum absolute atomic E-state index is 5.53. The Morgan fingerprint density at radius 2 is 2.39 bits per heavy atom. The molecule has 1 unspecified atom stereocenters. The average molecular weight is 315 g/mol. The number of rotatable bonds is 4. The molecular formula is C12H19BrN4O. The first kappa shape index (κ1) is 13.5. The molecule has 1 aliphatic heterocycles. The maximum atomic E-state index is 5.53. The van der Waals surface area contributed by atoms with Gasteiger partial charge in [0.1, 0.15) is 5.82 Å². The second kappa shape index (κ2) is 6.33. The number of aromatic nitrogens is 2. The van der Waals surface area contributed by atoms with E-state index in [1.807, 2.05) is 13.1 Å². The van der Waals surface area contributed by atoms with Gasteiger partial charge < -0.3 is 15.0 Å². The zero-order valence-corrected chi connectivity index (χ0v) is 12.4. The van der Waals surface area contributed by atoms with Crippen molar-refractivity contribution in [3.63, 3.8) is 0 Å². The Hall–Kier alpha value is -0.880. The topological polar surface area (TPSA) is 50.3 Å². The quantitative estimate of drug-likeness (QED) is 0.924. The van der Waals surface area contributed by atoms with Crippen LogP contribution in [0.15, 0.2) is 10.7 Å². The van der Waals surface area contributed by atoms with E-state index in [1.54, 1.807) is 0 Å². The standard InChI is InChI=1S/C12H19BrN4O/c1-3-9-8-18-6-5-17(9)11-10(13)7-15-12(16-11)14-4-2/h7,9H,3-6,8H2,1-2H3,(H,14,15,16). The van der Waals surface area contributed by atoms with Crippen molar-refractivity contribution in [2.24, 2.45) is 0 Å². The van der Waals surface area contributed by atoms with Crippen molar-refractivity contribution in [1.82, 2.24) is 9.97 Å². The summed E-state index contributed by atoms with van der Waals surface area (Å²) in [4.78, 5) is 11.1. The van der Waals surface area contributed by atoms with E-state index in [0.717, 1.165) is 43.0 Å². The number of halogens is 1. The van der Waals surface area contributed by atoms with Crippen LogP contribution < -0.4 is 10.2 Å². The van der Waals surface area contributed by atoms with Crippen molar-refractivity contribution in [2.45, 2.75) is 26.3 Å². The van der Waals surface area contributed by atoms with E-state index in [0.29, 0.717) is 12.0 Å². The van der Waals surface area contributed by atoms with Gasteiger partial charge in [-0.25, -0.2) is 4.98 Å². The molecule has 0 bridgehead atoms. The molecule has 6 heteroatoms. The van der Waals surface area contributed by atoms with Gasteiger partial charge >= 0.3 is 0 Å². The van der Waals surface area contributed by atoms with E-state index in [1.165, 1.54) is 0 Å². The maximum Gasteiger partial charge on any atom is 0.224 e. The number of hydrogen-bond donors (Lipinski definition) is 1. The summed E-state index contributed by atoms with van der Waals surface area (Å²) >= 11 is 3.54. The van der Waals surface area contributed by atoms with Crippen molar-refractivity contribution in [1.29, 1.82) is 0 Å². The molecule has 1 saturated heterocycles. The summed E-state index contributed by atoms with van der Waals surface area (Å²) in [6, 6.07) is 0.388. The smallest absolute Gasteiger partial charge is 0.224 e. The summed E-state index contributed by atoms with van der Waals surface area (Å²) in [5.74, 6) is 1.63. The van der Waals surface area contributed by atoms with Crippen LogP contribution in [0.2, 0.25) is 0 Å². The third-order valence-corrected chi connectivity index (χ3v) is 3.59. The lowest BCUT2D eigenvalue weighted by Gasteiger charge is -2.36. The van der Waals surface area contributed by atoms with Gasteiger partial charge in [-0.2, -0.15) is 4.98 Å². The van der Waals surface area contributed by atoms with Crippen LogP contribution in [0, 0.1) is 0 Å². The van der Waals surface area contributed by atoms with E-state index in [2.05, 4.69) is 43.0 Å². The molecule has 1 N–H and O–H groups in total. The first-order chi connectivity index (χ1) is 8.76. The first-order valence-electron chi connectivity index (χ1n) is 6.37. The van der Waals surface area contributed by atoms with Crippen LogP contribution in [-0.4, -0.2) is 42.3 Å². The van der Waals surface area contributed by atoms with E-state index < -0.39 is 0 Å². The predicted molar refractivity (Wildman–Crippen MR) is 76.1 cm³/mol. The monoisotopic (exact) mass is 314 g/mol. The van der Waals surface area contributed by atoms with Gasteiger partial charge in [0.15, 0.2) is 0 Å². The molecule has 0 amide bonds. The van der Waals surface area contributed by atoms with Crippen LogP contribution in [0.25, 0.3) is 0 Å². The fourth-order valence-corrected chi connectivity index (χ4v) is 2.49. The van der Waals surface area contributed by atoms with Gasteiger partial charge in [-0.05, 0) is 29.3 Å². The molecule has 0 radical (unpaired) electrons. The molecule has 1 aromatic heterocycles. The molecule has 5 nitrogen and oxygen atoms in total. The van der Waals surface area contributed by atoms with Gasteiger partial charge in [0.05, 0.1) is 23.7 Å². The third kappa shape index (κ3) is 2.92. The van der Waals surface area contributed by atoms with Gasteiger partial charge in [-0.3, -0.25) is 0 Å². The molecule has 0 spiro atoms. The molecule has 0 aliphatic carbocycles. The van der Waals surface area contributed by atoms with Crippen molar-refractivity contribution in [3.8, 4) is 0 Å². The minimum Gasteiger partial charge on any atom is -0.377 e. The number of nitrogens with zero attached hydrogens (tertiary/aromatic N) is 3. The van der Waals surface area contributed by atoms with E-state index in [4.69, 9.17) is 4.74 Å². The minimum absolute atomic E-state index is 0.388. The van der Waals surface area contributed by atoms with Crippen LogP contribution >= 0.6 is 15.9 Å². The third-order valence-electron chi connectivity index (χ3n) is 3.03. The number of morpholine rings is 1. The molecule has 1 aliphatic rings. The van der Waals surface area contributed by atoms with Crippen LogP contribution in [0.3, 0.4) is 0 Å². The Balaban J connectivity index is 2.26. The molecule has 1 aromatic rings. The van der Waals surface area contributed by atoms with Gasteiger partial charge in [0, 0.05) is 19.3 Å². The summed E-state index contributed by atoms with van der Waals surface area (Å²) in [7, 11) is 0. The second-order valence-corrected chi connectivity index (χ2v) is 5.08. The van der Waals surface area contributed by atoms with Gasteiger partial charge in [-0.1, -0.05) is 6.92 Å². The highest BCUT2D eigenvalue weighted by molar-refractivity contribution is 9.10. The second-order valence-electron chi connectivity index (χ2n) is 4.23. The van der Waals surface area contributed by atoms with Crippen molar-refractivity contribution < 1.29 is 4.74 Å². The Bertz CT molecular complexity index is 402. The van der Waals surface area contributed by atoms with Crippen LogP contribution in [0.5, 0.6) is 0 Å². The molecule has 1 fully saturated rings. The highest BCUT2D eigenvalue weighted by Gasteiger charge is 2.24. The molecule has 0 aromatic carbocycles. The summed E-state index contributed by atoms with van der Waals surface area (Å²) in [5.41, 5.74) is 0. The fourth-order valence-electron chi connectivity index (χ4n) is 2.07. The number of ether oxygens (including phenoxy) is 1. The number of anilines is 2. The SMILES string of the molecule is CCNc1ncc(Br)c(N2CCOCC2CC)n1. The van der Waals surface area contributed by atoms with Crippen LogP contribution in [0.1, 0.15) is 20.3 Å². The zero-order chi connectivity index (χ0) is 13.0. The largest absolute Gasteiger partial charge is 0.377 e. The van der Waals surface area contributed by atoms with E-state index in [9.17, 15) is 0 Å². The van der Waals surface area contributed by atoms with Crippen LogP contribution in [-0.2, 0) is 4.74 Å². The van der Waals surface area contributed by atoms with Crippen molar-refractivity contribution >= 4 is 27.7 Å². The van der Waals surface area contributed by atoms with Gasteiger partial charge in [-0.15, -0.1) is 0 Å². The summed E-state index contributed by atoms with van der Waals surface area (Å²) < 4.78 is 6.46. The lowest BCUT2D eigenvalue weighted by Crippen LogP contribution is -2.45. The van der Waals surface area contributed by atoms with Gasteiger partial charge in [0.2, 0.25) is 5.95 Å². The van der Waals surface area contributed by atoms with E-state index in [-0.39, 0.29) is 0 Å². The fraction of sp³-hybridized carbons (Fsp3) is 0.667. The lowest BCUT2D eigenvalue weighted by atomic mass is 10.2. The predicted octanol–water partition coefficient (Wildman–Crippen LogP) is 2.29. The Morgan fingerprint density at radius 1 is 1.56 bits per heavy atom. The number of nitrogens with one attached hydrogen (secondary N) is 1. The molecule has 1 atom stereocenters. The normalized spacial score (nSPS) is 19.9. The summed E-state index contributed by atoms with van der Waals surface area (Å²) in [6.45, 7) is 7.43. The highest BCUT2D eigenvalue weighted by atomic mass is 79.9. The highest BCUT2D eigenvalue weighted by Crippen LogP contribution is 2.28. The first-order valence-corrected chi connectivity index (χ1v) is 7.16. The van der Waals surface area contributed by atoms with Gasteiger partial charge in [0.25, 0.3) is 0 Å². The summed E-state index contributed by atoms with van der Waals surface area (Å²) in [5, 5.41) is 3.15. The molecular weight excluding hydrogens is 296 g/mol. The Morgan fingerprint density at radius 3 is 3.11 bits per heavy atom. The summed E-state index contributed by atoms with van der Waals surface area (Å²) in [6.07, 6.45) is 2.86. The van der Waals surface area contributed by atoms with Crippen molar-refractivity contribution in [3.05, 3.63) is 10.7 Å². The molecule has 100 valence electrons. The van der Waals surface area contributed by atoms with Crippen molar-refractivity contribution in [2.75, 3.05) is 36.5 Å². The Kier molecular flexibility index (Phi) is 4.77. The molecule has 18 heavy (non-hydrogen) atoms.